The quantitative estimate of drug-likeness (QED) is 0.779. The van der Waals surface area contributed by atoms with Crippen molar-refractivity contribution in [1.82, 2.24) is 10.0 Å². The molecule has 3 aliphatic carbocycles. The van der Waals surface area contributed by atoms with Crippen molar-refractivity contribution in [3.05, 3.63) is 0 Å². The average molecular weight is 302 g/mol. The summed E-state index contributed by atoms with van der Waals surface area (Å²) in [5.74, 6) is 0.735. The number of carbonyl (C=O) groups excluding carboxylic acids is 1. The zero-order chi connectivity index (χ0) is 14.8. The number of rotatable bonds is 6. The van der Waals surface area contributed by atoms with Crippen LogP contribution in [0.15, 0.2) is 0 Å². The summed E-state index contributed by atoms with van der Waals surface area (Å²) in [6, 6.07) is -0.698. The highest BCUT2D eigenvalue weighted by atomic mass is 32.2. The normalized spacial score (nSPS) is 31.0. The molecule has 0 aromatic carbocycles. The molecule has 0 spiro atoms. The van der Waals surface area contributed by atoms with E-state index in [-0.39, 0.29) is 17.1 Å². The van der Waals surface area contributed by atoms with Crippen LogP contribution in [0.5, 0.6) is 0 Å². The lowest BCUT2D eigenvalue weighted by Crippen LogP contribution is -2.49. The van der Waals surface area contributed by atoms with Crippen molar-refractivity contribution in [3.63, 3.8) is 0 Å². The lowest BCUT2D eigenvalue weighted by Gasteiger charge is -2.46. The first kappa shape index (κ1) is 15.8. The maximum atomic E-state index is 12.3. The van der Waals surface area contributed by atoms with Crippen molar-refractivity contribution in [3.8, 4) is 0 Å². The molecule has 0 aliphatic heterocycles. The van der Waals surface area contributed by atoms with Crippen LogP contribution in [0.3, 0.4) is 0 Å². The predicted octanol–water partition coefficient (Wildman–Crippen LogP) is 1.40. The van der Waals surface area contributed by atoms with E-state index in [4.69, 9.17) is 0 Å². The van der Waals surface area contributed by atoms with Crippen LogP contribution in [0, 0.1) is 11.3 Å². The molecule has 1 atom stereocenters. The molecule has 2 N–H and O–H groups in total. The Labute approximate surface area is 121 Å². The van der Waals surface area contributed by atoms with Gasteiger partial charge in [-0.25, -0.2) is 13.1 Å². The van der Waals surface area contributed by atoms with E-state index in [1.165, 1.54) is 19.3 Å². The summed E-state index contributed by atoms with van der Waals surface area (Å²) in [5.41, 5.74) is -0.0401. The molecule has 1 amide bonds. The molecule has 0 radical (unpaired) electrons. The third kappa shape index (κ3) is 3.73. The van der Waals surface area contributed by atoms with Gasteiger partial charge in [-0.3, -0.25) is 4.79 Å². The van der Waals surface area contributed by atoms with E-state index in [2.05, 4.69) is 10.0 Å². The fourth-order valence-corrected chi connectivity index (χ4v) is 5.62. The van der Waals surface area contributed by atoms with Crippen LogP contribution < -0.4 is 10.0 Å². The smallest absolute Gasteiger partial charge is 0.237 e. The molecule has 3 aliphatic rings. The SMILES string of the molecule is CCNC(=O)[C@@H](C)NS(=O)(=O)CC12CCC(CC1)CC2. The molecule has 5 nitrogen and oxygen atoms in total. The summed E-state index contributed by atoms with van der Waals surface area (Å²) in [5, 5.41) is 2.64. The maximum Gasteiger partial charge on any atom is 0.237 e. The van der Waals surface area contributed by atoms with Gasteiger partial charge in [0.1, 0.15) is 0 Å². The summed E-state index contributed by atoms with van der Waals surface area (Å²) < 4.78 is 27.1. The standard InChI is InChI=1S/C14H26N2O3S/c1-3-15-13(17)11(2)16-20(18,19)10-14-7-4-12(5-8-14)6-9-14/h11-12,16H,3-10H2,1-2H3,(H,15,17)/t11-,12?,14?/m1/s1. The molecule has 0 aromatic heterocycles. The second-order valence-electron chi connectivity index (χ2n) is 6.48. The van der Waals surface area contributed by atoms with Gasteiger partial charge in [-0.15, -0.1) is 0 Å². The third-order valence-corrected chi connectivity index (χ3v) is 6.55. The fraction of sp³-hybridized carbons (Fsp3) is 0.929. The van der Waals surface area contributed by atoms with Gasteiger partial charge in [0.2, 0.25) is 15.9 Å². The van der Waals surface area contributed by atoms with E-state index in [9.17, 15) is 13.2 Å². The molecule has 0 aromatic rings. The van der Waals surface area contributed by atoms with Crippen molar-refractivity contribution in [1.29, 1.82) is 0 Å². The van der Waals surface area contributed by atoms with Gasteiger partial charge in [-0.05, 0) is 63.7 Å². The molecule has 3 rings (SSSR count). The van der Waals surface area contributed by atoms with Crippen LogP contribution in [0.2, 0.25) is 0 Å². The Hall–Kier alpha value is -0.620. The minimum absolute atomic E-state index is 0.0401. The molecule has 0 unspecified atom stereocenters. The second kappa shape index (κ2) is 6.02. The van der Waals surface area contributed by atoms with Gasteiger partial charge in [0.05, 0.1) is 11.8 Å². The molecular formula is C14H26N2O3S. The molecule has 3 fully saturated rings. The van der Waals surface area contributed by atoms with Gasteiger partial charge in [0.15, 0.2) is 0 Å². The molecule has 3 saturated carbocycles. The van der Waals surface area contributed by atoms with Crippen LogP contribution in [0.25, 0.3) is 0 Å². The van der Waals surface area contributed by atoms with Gasteiger partial charge in [-0.1, -0.05) is 0 Å². The van der Waals surface area contributed by atoms with E-state index in [1.54, 1.807) is 6.92 Å². The third-order valence-electron chi connectivity index (χ3n) is 4.85. The van der Waals surface area contributed by atoms with Crippen molar-refractivity contribution >= 4 is 15.9 Å². The Morgan fingerprint density at radius 1 is 1.25 bits per heavy atom. The fourth-order valence-electron chi connectivity index (χ4n) is 3.65. The highest BCUT2D eigenvalue weighted by Gasteiger charge is 2.43. The molecule has 0 saturated heterocycles. The summed E-state index contributed by atoms with van der Waals surface area (Å²) in [6.07, 6.45) is 6.57. The lowest BCUT2D eigenvalue weighted by atomic mass is 9.62. The Morgan fingerprint density at radius 3 is 2.30 bits per heavy atom. The summed E-state index contributed by atoms with van der Waals surface area (Å²) in [4.78, 5) is 11.6. The first-order valence-corrected chi connectivity index (χ1v) is 9.29. The Morgan fingerprint density at radius 2 is 1.80 bits per heavy atom. The van der Waals surface area contributed by atoms with Crippen molar-refractivity contribution in [2.45, 2.75) is 58.4 Å². The number of nitrogens with one attached hydrogen (secondary N) is 2. The van der Waals surface area contributed by atoms with Gasteiger partial charge < -0.3 is 5.32 Å². The van der Waals surface area contributed by atoms with Crippen LogP contribution >= 0.6 is 0 Å². The number of hydrogen-bond acceptors (Lipinski definition) is 3. The molecule has 116 valence electrons. The van der Waals surface area contributed by atoms with Crippen molar-refractivity contribution < 1.29 is 13.2 Å². The second-order valence-corrected chi connectivity index (χ2v) is 8.23. The average Bonchev–Trinajstić information content (AvgIpc) is 2.39. The van der Waals surface area contributed by atoms with E-state index < -0.39 is 16.1 Å². The van der Waals surface area contributed by atoms with Crippen molar-refractivity contribution in [2.75, 3.05) is 12.3 Å². The van der Waals surface area contributed by atoms with E-state index >= 15 is 0 Å². The number of hydrogen-bond donors (Lipinski definition) is 2. The topological polar surface area (TPSA) is 75.3 Å². The first-order chi connectivity index (χ1) is 9.36. The Bertz CT molecular complexity index is 439. The zero-order valence-electron chi connectivity index (χ0n) is 12.4. The summed E-state index contributed by atoms with van der Waals surface area (Å²) in [7, 11) is -3.40. The monoisotopic (exact) mass is 302 g/mol. The van der Waals surface area contributed by atoms with Crippen LogP contribution in [0.4, 0.5) is 0 Å². The van der Waals surface area contributed by atoms with Crippen molar-refractivity contribution in [2.24, 2.45) is 11.3 Å². The van der Waals surface area contributed by atoms with Crippen LogP contribution in [0.1, 0.15) is 52.4 Å². The molecule has 2 bridgehead atoms. The number of carbonyl (C=O) groups is 1. The molecule has 20 heavy (non-hydrogen) atoms. The summed E-state index contributed by atoms with van der Waals surface area (Å²) in [6.45, 7) is 3.92. The number of likely N-dealkylation sites (N-methyl/N-ethyl adjacent to an activating group) is 1. The minimum Gasteiger partial charge on any atom is -0.355 e. The highest BCUT2D eigenvalue weighted by Crippen LogP contribution is 2.50. The molecule has 6 heteroatoms. The van der Waals surface area contributed by atoms with Gasteiger partial charge in [-0.2, -0.15) is 0 Å². The van der Waals surface area contributed by atoms with E-state index in [0.29, 0.717) is 6.54 Å². The van der Waals surface area contributed by atoms with E-state index in [0.717, 1.165) is 25.2 Å². The van der Waals surface area contributed by atoms with Gasteiger partial charge in [0, 0.05) is 6.54 Å². The van der Waals surface area contributed by atoms with Gasteiger partial charge in [0.25, 0.3) is 0 Å². The first-order valence-electron chi connectivity index (χ1n) is 7.63. The number of amides is 1. The largest absolute Gasteiger partial charge is 0.355 e. The van der Waals surface area contributed by atoms with Gasteiger partial charge >= 0.3 is 0 Å². The maximum absolute atomic E-state index is 12.3. The van der Waals surface area contributed by atoms with E-state index in [1.807, 2.05) is 6.92 Å². The highest BCUT2D eigenvalue weighted by molar-refractivity contribution is 7.89. The Kier molecular flexibility index (Phi) is 4.74. The van der Waals surface area contributed by atoms with Crippen LogP contribution in [-0.4, -0.2) is 32.7 Å². The zero-order valence-corrected chi connectivity index (χ0v) is 13.3. The summed E-state index contributed by atoms with van der Waals surface area (Å²) >= 11 is 0. The van der Waals surface area contributed by atoms with Crippen LogP contribution in [-0.2, 0) is 14.8 Å². The number of fused-ring (bicyclic) bond motifs is 3. The number of sulfonamides is 1. The minimum atomic E-state index is -3.40. The Balaban J connectivity index is 1.95. The lowest BCUT2D eigenvalue weighted by molar-refractivity contribution is -0.122. The molecular weight excluding hydrogens is 276 g/mol. The predicted molar refractivity (Wildman–Crippen MR) is 78.7 cm³/mol. The molecule has 0 heterocycles.